The van der Waals surface area contributed by atoms with Crippen molar-refractivity contribution in [1.82, 2.24) is 25.2 Å². The molecule has 2 heterocycles. The molecule has 33 heavy (non-hydrogen) atoms. The van der Waals surface area contributed by atoms with Gasteiger partial charge >= 0.3 is 0 Å². The SMILES string of the molecule is COc1ccc(CN2CC(CNC(=O)c3nnn(Cc4ccc(F)cc4)c3C)CC2=O)cc1. The van der Waals surface area contributed by atoms with Crippen LogP contribution in [-0.2, 0) is 17.9 Å². The van der Waals surface area contributed by atoms with Gasteiger partial charge in [-0.1, -0.05) is 29.5 Å². The zero-order chi connectivity index (χ0) is 23.4. The van der Waals surface area contributed by atoms with Gasteiger partial charge in [-0.05, 0) is 42.3 Å². The number of aromatic nitrogens is 3. The van der Waals surface area contributed by atoms with E-state index >= 15 is 0 Å². The minimum atomic E-state index is -0.320. The maximum atomic E-state index is 13.1. The molecule has 0 aliphatic carbocycles. The average molecular weight is 452 g/mol. The number of nitrogens with one attached hydrogen (secondary N) is 1. The van der Waals surface area contributed by atoms with Crippen LogP contribution < -0.4 is 10.1 Å². The molecule has 1 unspecified atom stereocenters. The van der Waals surface area contributed by atoms with Crippen molar-refractivity contribution in [3.63, 3.8) is 0 Å². The lowest BCUT2D eigenvalue weighted by Gasteiger charge is -2.17. The van der Waals surface area contributed by atoms with E-state index < -0.39 is 0 Å². The molecule has 2 aromatic carbocycles. The molecule has 1 fully saturated rings. The van der Waals surface area contributed by atoms with Gasteiger partial charge in [-0.15, -0.1) is 5.10 Å². The molecule has 0 radical (unpaired) electrons. The Bertz CT molecular complexity index is 1130. The second kappa shape index (κ2) is 9.81. The third-order valence-corrected chi connectivity index (χ3v) is 5.82. The molecule has 8 nitrogen and oxygen atoms in total. The van der Waals surface area contributed by atoms with Gasteiger partial charge in [0.1, 0.15) is 11.6 Å². The molecule has 1 saturated heterocycles. The molecule has 172 valence electrons. The predicted molar refractivity (Wildman–Crippen MR) is 119 cm³/mol. The first-order chi connectivity index (χ1) is 15.9. The van der Waals surface area contributed by atoms with Gasteiger partial charge in [-0.25, -0.2) is 9.07 Å². The number of benzene rings is 2. The molecular formula is C24H26FN5O3. The fourth-order valence-electron chi connectivity index (χ4n) is 3.90. The summed E-state index contributed by atoms with van der Waals surface area (Å²) in [6.45, 7) is 3.66. The van der Waals surface area contributed by atoms with Gasteiger partial charge in [0.25, 0.3) is 5.91 Å². The van der Waals surface area contributed by atoms with Crippen LogP contribution in [-0.4, -0.2) is 51.9 Å². The van der Waals surface area contributed by atoms with Gasteiger partial charge in [-0.3, -0.25) is 9.59 Å². The largest absolute Gasteiger partial charge is 0.497 e. The van der Waals surface area contributed by atoms with Crippen molar-refractivity contribution < 1.29 is 18.7 Å². The summed E-state index contributed by atoms with van der Waals surface area (Å²) in [6, 6.07) is 13.7. The van der Waals surface area contributed by atoms with Gasteiger partial charge in [-0.2, -0.15) is 0 Å². The minimum absolute atomic E-state index is 0.0364. The number of rotatable bonds is 8. The van der Waals surface area contributed by atoms with Gasteiger partial charge in [0.15, 0.2) is 5.69 Å². The molecule has 1 aliphatic rings. The van der Waals surface area contributed by atoms with Crippen LogP contribution in [0.3, 0.4) is 0 Å². The number of hydrogen-bond donors (Lipinski definition) is 1. The van der Waals surface area contributed by atoms with Crippen molar-refractivity contribution in [2.24, 2.45) is 5.92 Å². The first kappa shape index (κ1) is 22.4. The van der Waals surface area contributed by atoms with E-state index in [1.165, 1.54) is 12.1 Å². The second-order valence-corrected chi connectivity index (χ2v) is 8.21. The lowest BCUT2D eigenvalue weighted by molar-refractivity contribution is -0.128. The topological polar surface area (TPSA) is 89.3 Å². The standard InChI is InChI=1S/C24H26FN5O3/c1-16-23(27-28-30(16)15-18-3-7-20(25)8-4-18)24(32)26-12-19-11-22(31)29(14-19)13-17-5-9-21(33-2)10-6-17/h3-10,19H,11-15H2,1-2H3,(H,26,32). The Labute approximate surface area is 191 Å². The molecule has 1 aliphatic heterocycles. The van der Waals surface area contributed by atoms with E-state index in [9.17, 15) is 14.0 Å². The molecule has 1 N–H and O–H groups in total. The number of carbonyl (C=O) groups excluding carboxylic acids is 2. The van der Waals surface area contributed by atoms with Gasteiger partial charge in [0.2, 0.25) is 5.91 Å². The minimum Gasteiger partial charge on any atom is -0.497 e. The smallest absolute Gasteiger partial charge is 0.273 e. The van der Waals surface area contributed by atoms with E-state index in [0.29, 0.717) is 38.3 Å². The molecule has 1 aromatic heterocycles. The Hall–Kier alpha value is -3.75. The quantitative estimate of drug-likeness (QED) is 0.569. The summed E-state index contributed by atoms with van der Waals surface area (Å²) in [5, 5.41) is 11.0. The van der Waals surface area contributed by atoms with Crippen LogP contribution in [0, 0.1) is 18.7 Å². The fourth-order valence-corrected chi connectivity index (χ4v) is 3.90. The van der Waals surface area contributed by atoms with E-state index in [4.69, 9.17) is 4.74 Å². The fraction of sp³-hybridized carbons (Fsp3) is 0.333. The van der Waals surface area contributed by atoms with Gasteiger partial charge < -0.3 is 15.0 Å². The molecule has 1 atom stereocenters. The maximum Gasteiger partial charge on any atom is 0.273 e. The molecule has 0 spiro atoms. The zero-order valence-electron chi connectivity index (χ0n) is 18.6. The van der Waals surface area contributed by atoms with Crippen molar-refractivity contribution in [3.05, 3.63) is 76.9 Å². The van der Waals surface area contributed by atoms with E-state index in [1.807, 2.05) is 29.2 Å². The van der Waals surface area contributed by atoms with Crippen LogP contribution in [0.1, 0.15) is 33.7 Å². The number of hydrogen-bond acceptors (Lipinski definition) is 5. The van der Waals surface area contributed by atoms with Crippen LogP contribution in [0.15, 0.2) is 48.5 Å². The number of methoxy groups -OCH3 is 1. The summed E-state index contributed by atoms with van der Waals surface area (Å²) in [6.07, 6.45) is 0.396. The monoisotopic (exact) mass is 451 g/mol. The molecule has 4 rings (SSSR count). The average Bonchev–Trinajstić information content (AvgIpc) is 3.36. The normalized spacial score (nSPS) is 15.7. The number of carbonyl (C=O) groups is 2. The van der Waals surface area contributed by atoms with Crippen LogP contribution in [0.4, 0.5) is 4.39 Å². The third-order valence-electron chi connectivity index (χ3n) is 5.82. The van der Waals surface area contributed by atoms with Crippen molar-refractivity contribution >= 4 is 11.8 Å². The first-order valence-corrected chi connectivity index (χ1v) is 10.8. The first-order valence-electron chi connectivity index (χ1n) is 10.8. The van der Waals surface area contributed by atoms with Crippen molar-refractivity contribution in [2.75, 3.05) is 20.2 Å². The Morgan fingerprint density at radius 3 is 2.48 bits per heavy atom. The molecule has 2 amide bonds. The van der Waals surface area contributed by atoms with E-state index in [0.717, 1.165) is 16.9 Å². The highest BCUT2D eigenvalue weighted by molar-refractivity contribution is 5.93. The highest BCUT2D eigenvalue weighted by Gasteiger charge is 2.30. The Balaban J connectivity index is 1.30. The lowest BCUT2D eigenvalue weighted by Crippen LogP contribution is -2.31. The van der Waals surface area contributed by atoms with Gasteiger partial charge in [0.05, 0.1) is 19.3 Å². The summed E-state index contributed by atoms with van der Waals surface area (Å²) in [4.78, 5) is 26.9. The molecule has 3 aromatic rings. The number of likely N-dealkylation sites (tertiary alicyclic amines) is 1. The summed E-state index contributed by atoms with van der Waals surface area (Å²) in [7, 11) is 1.62. The van der Waals surface area contributed by atoms with Crippen LogP contribution >= 0.6 is 0 Å². The van der Waals surface area contributed by atoms with Crippen LogP contribution in [0.2, 0.25) is 0 Å². The van der Waals surface area contributed by atoms with Gasteiger partial charge in [0, 0.05) is 32.0 Å². The predicted octanol–water partition coefficient (Wildman–Crippen LogP) is 2.56. The van der Waals surface area contributed by atoms with E-state index in [1.54, 1.807) is 30.8 Å². The third kappa shape index (κ3) is 5.36. The number of amides is 2. The molecule has 0 saturated carbocycles. The Morgan fingerprint density at radius 2 is 1.79 bits per heavy atom. The van der Waals surface area contributed by atoms with Crippen molar-refractivity contribution in [2.45, 2.75) is 26.4 Å². The number of halogens is 1. The summed E-state index contributed by atoms with van der Waals surface area (Å²) in [5.74, 6) is 0.263. The lowest BCUT2D eigenvalue weighted by atomic mass is 10.1. The molecule has 0 bridgehead atoms. The summed E-state index contributed by atoms with van der Waals surface area (Å²) in [5.41, 5.74) is 2.76. The van der Waals surface area contributed by atoms with Crippen molar-refractivity contribution in [3.8, 4) is 5.75 Å². The van der Waals surface area contributed by atoms with Crippen LogP contribution in [0.25, 0.3) is 0 Å². The van der Waals surface area contributed by atoms with E-state index in [-0.39, 0.29) is 29.2 Å². The maximum absolute atomic E-state index is 13.1. The number of ether oxygens (including phenoxy) is 1. The molecular weight excluding hydrogens is 425 g/mol. The Morgan fingerprint density at radius 1 is 1.12 bits per heavy atom. The number of nitrogens with zero attached hydrogens (tertiary/aromatic N) is 4. The Kier molecular flexibility index (Phi) is 6.67. The van der Waals surface area contributed by atoms with E-state index in [2.05, 4.69) is 15.6 Å². The molecule has 9 heteroatoms. The zero-order valence-corrected chi connectivity index (χ0v) is 18.6. The highest BCUT2D eigenvalue weighted by atomic mass is 19.1. The van der Waals surface area contributed by atoms with Crippen molar-refractivity contribution in [1.29, 1.82) is 0 Å². The van der Waals surface area contributed by atoms with Crippen LogP contribution in [0.5, 0.6) is 5.75 Å². The second-order valence-electron chi connectivity index (χ2n) is 8.21. The highest BCUT2D eigenvalue weighted by Crippen LogP contribution is 2.21. The summed E-state index contributed by atoms with van der Waals surface area (Å²) >= 11 is 0. The summed E-state index contributed by atoms with van der Waals surface area (Å²) < 4.78 is 19.9.